The Hall–Kier alpha value is -0.0900. The van der Waals surface area contributed by atoms with Crippen molar-refractivity contribution in [1.82, 2.24) is 4.98 Å². The quantitative estimate of drug-likeness (QED) is 0.741. The first-order chi connectivity index (χ1) is 6.29. The largest absolute Gasteiger partial charge is 0.370 e. The summed E-state index contributed by atoms with van der Waals surface area (Å²) in [5.74, 6) is 0. The molecule has 1 aliphatic heterocycles. The molecular formula is C9H10Br2N2. The molecule has 0 N–H and O–H groups in total. The normalized spacial score (nSPS) is 16.6. The summed E-state index contributed by atoms with van der Waals surface area (Å²) in [6, 6.07) is 2.06. The van der Waals surface area contributed by atoms with Gasteiger partial charge in [0.05, 0.1) is 10.2 Å². The van der Waals surface area contributed by atoms with Gasteiger partial charge < -0.3 is 4.90 Å². The summed E-state index contributed by atoms with van der Waals surface area (Å²) in [5, 5.41) is 0. The van der Waals surface area contributed by atoms with Crippen LogP contribution in [0.2, 0.25) is 0 Å². The van der Waals surface area contributed by atoms with Gasteiger partial charge in [-0.3, -0.25) is 0 Å². The summed E-state index contributed by atoms with van der Waals surface area (Å²) in [7, 11) is 0. The van der Waals surface area contributed by atoms with E-state index in [1.807, 2.05) is 6.20 Å². The molecule has 0 aliphatic carbocycles. The molecule has 0 spiro atoms. The zero-order chi connectivity index (χ0) is 9.26. The third-order valence-corrected chi connectivity index (χ3v) is 4.19. The third-order valence-electron chi connectivity index (χ3n) is 2.27. The average molecular weight is 306 g/mol. The molecule has 0 atom stereocenters. The van der Waals surface area contributed by atoms with E-state index in [1.165, 1.54) is 18.5 Å². The second kappa shape index (κ2) is 3.96. The fourth-order valence-electron chi connectivity index (χ4n) is 1.61. The highest BCUT2D eigenvalue weighted by molar-refractivity contribution is 9.13. The van der Waals surface area contributed by atoms with Gasteiger partial charge in [-0.2, -0.15) is 0 Å². The molecule has 0 bridgehead atoms. The van der Waals surface area contributed by atoms with Gasteiger partial charge in [-0.1, -0.05) is 0 Å². The van der Waals surface area contributed by atoms with E-state index in [9.17, 15) is 0 Å². The number of rotatable bonds is 1. The predicted octanol–water partition coefficient (Wildman–Crippen LogP) is 3.21. The van der Waals surface area contributed by atoms with Crippen molar-refractivity contribution in [2.45, 2.75) is 12.8 Å². The van der Waals surface area contributed by atoms with E-state index >= 15 is 0 Å². The fourth-order valence-corrected chi connectivity index (χ4v) is 2.42. The molecule has 1 fully saturated rings. The van der Waals surface area contributed by atoms with Crippen molar-refractivity contribution in [2.24, 2.45) is 0 Å². The summed E-state index contributed by atoms with van der Waals surface area (Å²) in [4.78, 5) is 6.54. The Morgan fingerprint density at radius 1 is 1.23 bits per heavy atom. The molecule has 0 saturated carbocycles. The third kappa shape index (κ3) is 1.89. The number of hydrogen-bond donors (Lipinski definition) is 0. The van der Waals surface area contributed by atoms with Gasteiger partial charge in [-0.05, 0) is 50.8 Å². The molecule has 2 heterocycles. The molecule has 1 saturated heterocycles. The summed E-state index contributed by atoms with van der Waals surface area (Å²) in [6.45, 7) is 2.32. The summed E-state index contributed by atoms with van der Waals surface area (Å²) >= 11 is 6.95. The van der Waals surface area contributed by atoms with Crippen LogP contribution >= 0.6 is 31.9 Å². The first-order valence-corrected chi connectivity index (χ1v) is 5.92. The predicted molar refractivity (Wildman–Crippen MR) is 61.1 cm³/mol. The van der Waals surface area contributed by atoms with Crippen molar-refractivity contribution in [3.8, 4) is 0 Å². The maximum absolute atomic E-state index is 4.15. The fraction of sp³-hybridized carbons (Fsp3) is 0.444. The minimum atomic E-state index is 0.886. The van der Waals surface area contributed by atoms with Crippen LogP contribution in [0.1, 0.15) is 12.8 Å². The lowest BCUT2D eigenvalue weighted by Gasteiger charge is -2.19. The van der Waals surface area contributed by atoms with E-state index in [2.05, 4.69) is 47.8 Å². The Morgan fingerprint density at radius 3 is 2.62 bits per heavy atom. The van der Waals surface area contributed by atoms with Gasteiger partial charge in [0.15, 0.2) is 0 Å². The van der Waals surface area contributed by atoms with Crippen molar-refractivity contribution in [3.63, 3.8) is 0 Å². The van der Waals surface area contributed by atoms with E-state index in [-0.39, 0.29) is 0 Å². The number of halogens is 2. The first kappa shape index (κ1) is 9.46. The van der Waals surface area contributed by atoms with E-state index < -0.39 is 0 Å². The van der Waals surface area contributed by atoms with Gasteiger partial charge in [-0.15, -0.1) is 0 Å². The number of nitrogens with zero attached hydrogens (tertiary/aromatic N) is 2. The van der Waals surface area contributed by atoms with Crippen molar-refractivity contribution >= 4 is 37.5 Å². The molecule has 0 amide bonds. The van der Waals surface area contributed by atoms with Crippen LogP contribution in [0.3, 0.4) is 0 Å². The highest BCUT2D eigenvalue weighted by Crippen LogP contribution is 2.32. The Bertz CT molecular complexity index is 308. The molecule has 2 nitrogen and oxygen atoms in total. The van der Waals surface area contributed by atoms with Gasteiger partial charge in [0, 0.05) is 19.3 Å². The second-order valence-corrected chi connectivity index (χ2v) is 4.67. The number of anilines is 1. The molecule has 1 aliphatic rings. The van der Waals surface area contributed by atoms with Crippen LogP contribution in [0.4, 0.5) is 5.69 Å². The van der Waals surface area contributed by atoms with Gasteiger partial charge in [-0.25, -0.2) is 4.98 Å². The van der Waals surface area contributed by atoms with Crippen LogP contribution in [0, 0.1) is 0 Å². The minimum absolute atomic E-state index is 0.886. The molecular weight excluding hydrogens is 296 g/mol. The smallest absolute Gasteiger partial charge is 0.122 e. The van der Waals surface area contributed by atoms with E-state index in [0.717, 1.165) is 22.2 Å². The number of aromatic nitrogens is 1. The van der Waals surface area contributed by atoms with Crippen LogP contribution in [0.15, 0.2) is 21.3 Å². The summed E-state index contributed by atoms with van der Waals surface area (Å²) < 4.78 is 1.95. The minimum Gasteiger partial charge on any atom is -0.370 e. The zero-order valence-corrected chi connectivity index (χ0v) is 10.3. The number of hydrogen-bond acceptors (Lipinski definition) is 2. The van der Waals surface area contributed by atoms with Crippen LogP contribution in [0.5, 0.6) is 0 Å². The maximum atomic E-state index is 4.15. The Balaban J connectivity index is 2.33. The van der Waals surface area contributed by atoms with Gasteiger partial charge >= 0.3 is 0 Å². The lowest BCUT2D eigenvalue weighted by atomic mass is 10.4. The molecule has 4 heteroatoms. The Morgan fingerprint density at radius 2 is 1.92 bits per heavy atom. The molecule has 1 aromatic rings. The van der Waals surface area contributed by atoms with E-state index in [1.54, 1.807) is 0 Å². The van der Waals surface area contributed by atoms with Crippen molar-refractivity contribution < 1.29 is 0 Å². The monoisotopic (exact) mass is 304 g/mol. The highest BCUT2D eigenvalue weighted by Gasteiger charge is 2.15. The topological polar surface area (TPSA) is 16.1 Å². The molecule has 1 aromatic heterocycles. The molecule has 0 aromatic carbocycles. The number of pyridine rings is 1. The molecule has 13 heavy (non-hydrogen) atoms. The Kier molecular flexibility index (Phi) is 2.89. The van der Waals surface area contributed by atoms with Crippen molar-refractivity contribution in [1.29, 1.82) is 0 Å². The SMILES string of the molecule is Brc1nccc(N2CCCC2)c1Br. The lowest BCUT2D eigenvalue weighted by Crippen LogP contribution is -2.18. The van der Waals surface area contributed by atoms with Crippen LogP contribution in [-0.2, 0) is 0 Å². The molecule has 2 rings (SSSR count). The first-order valence-electron chi connectivity index (χ1n) is 4.34. The standard InChI is InChI=1S/C9H10Br2N2/c10-8-7(3-4-12-9(8)11)13-5-1-2-6-13/h3-4H,1-2,5-6H2. The van der Waals surface area contributed by atoms with Crippen molar-refractivity contribution in [2.75, 3.05) is 18.0 Å². The maximum Gasteiger partial charge on any atom is 0.122 e. The van der Waals surface area contributed by atoms with E-state index in [0.29, 0.717) is 0 Å². The van der Waals surface area contributed by atoms with E-state index in [4.69, 9.17) is 0 Å². The molecule has 0 unspecified atom stereocenters. The lowest BCUT2D eigenvalue weighted by molar-refractivity contribution is 0.949. The zero-order valence-electron chi connectivity index (χ0n) is 7.13. The van der Waals surface area contributed by atoms with Crippen LogP contribution in [-0.4, -0.2) is 18.1 Å². The molecule has 70 valence electrons. The highest BCUT2D eigenvalue weighted by atomic mass is 79.9. The second-order valence-electron chi connectivity index (χ2n) is 3.13. The van der Waals surface area contributed by atoms with Crippen LogP contribution < -0.4 is 4.90 Å². The summed E-state index contributed by atoms with van der Waals surface area (Å²) in [6.07, 6.45) is 4.43. The van der Waals surface area contributed by atoms with Crippen molar-refractivity contribution in [3.05, 3.63) is 21.3 Å². The van der Waals surface area contributed by atoms with Gasteiger partial charge in [0.1, 0.15) is 4.60 Å². The van der Waals surface area contributed by atoms with Gasteiger partial charge in [0.25, 0.3) is 0 Å². The summed E-state index contributed by atoms with van der Waals surface area (Å²) in [5.41, 5.74) is 1.25. The Labute approximate surface area is 94.6 Å². The average Bonchev–Trinajstić information content (AvgIpc) is 2.62. The van der Waals surface area contributed by atoms with Crippen LogP contribution in [0.25, 0.3) is 0 Å². The van der Waals surface area contributed by atoms with Gasteiger partial charge in [0.2, 0.25) is 0 Å². The molecule has 0 radical (unpaired) electrons.